The molecule has 0 amide bonds. The highest BCUT2D eigenvalue weighted by molar-refractivity contribution is 5.68. The van der Waals surface area contributed by atoms with E-state index in [4.69, 9.17) is 5.11 Å². The number of imidazole rings is 1. The van der Waals surface area contributed by atoms with Crippen LogP contribution >= 0.6 is 0 Å². The average molecular weight is 245 g/mol. The Labute approximate surface area is 105 Å². The average Bonchev–Trinajstić information content (AvgIpc) is 2.78. The molecular weight excluding hydrogens is 230 g/mol. The maximum atomic E-state index is 10.8. The molecule has 0 saturated heterocycles. The minimum atomic E-state index is -0.834. The summed E-state index contributed by atoms with van der Waals surface area (Å²) in [6.45, 7) is 3.71. The third-order valence-corrected chi connectivity index (χ3v) is 2.78. The number of hydrogen-bond donors (Lipinski definition) is 2. The number of aromatic nitrogens is 3. The van der Waals surface area contributed by atoms with E-state index in [1.165, 1.54) is 0 Å². The van der Waals surface area contributed by atoms with Crippen molar-refractivity contribution in [1.29, 1.82) is 0 Å². The van der Waals surface area contributed by atoms with Crippen molar-refractivity contribution in [2.45, 2.75) is 25.7 Å². The molecule has 2 rings (SSSR count). The van der Waals surface area contributed by atoms with Crippen molar-refractivity contribution in [2.75, 3.05) is 0 Å². The maximum Gasteiger partial charge on any atom is 0.304 e. The van der Waals surface area contributed by atoms with Crippen molar-refractivity contribution in [1.82, 2.24) is 15.0 Å². The Morgan fingerprint density at radius 2 is 2.22 bits per heavy atom. The van der Waals surface area contributed by atoms with Crippen molar-refractivity contribution >= 4 is 5.97 Å². The molecule has 2 heterocycles. The van der Waals surface area contributed by atoms with Crippen LogP contribution < -0.4 is 0 Å². The summed E-state index contributed by atoms with van der Waals surface area (Å²) in [7, 11) is 0. The number of carboxylic acid groups (broad SMARTS) is 1. The summed E-state index contributed by atoms with van der Waals surface area (Å²) in [5.74, 6) is -0.164. The molecule has 18 heavy (non-hydrogen) atoms. The molecule has 0 saturated carbocycles. The second-order valence-electron chi connectivity index (χ2n) is 4.84. The molecule has 2 aromatic rings. The van der Waals surface area contributed by atoms with Gasteiger partial charge in [-0.3, -0.25) is 9.78 Å². The van der Waals surface area contributed by atoms with Crippen LogP contribution in [0.5, 0.6) is 0 Å². The molecule has 0 spiro atoms. The normalized spacial score (nSPS) is 11.4. The van der Waals surface area contributed by atoms with Gasteiger partial charge in [0, 0.05) is 23.4 Å². The number of hydrogen-bond acceptors (Lipinski definition) is 3. The van der Waals surface area contributed by atoms with Crippen molar-refractivity contribution in [2.24, 2.45) is 0 Å². The maximum absolute atomic E-state index is 10.8. The van der Waals surface area contributed by atoms with Crippen LogP contribution in [0.3, 0.4) is 0 Å². The van der Waals surface area contributed by atoms with Gasteiger partial charge in [0.25, 0.3) is 0 Å². The molecule has 0 unspecified atom stereocenters. The molecule has 0 aliphatic carbocycles. The van der Waals surface area contributed by atoms with E-state index in [0.29, 0.717) is 5.82 Å². The SMILES string of the molecule is CC(C)(CC(=O)O)c1ncc(-c2cccnc2)[nH]1. The lowest BCUT2D eigenvalue weighted by atomic mass is 9.88. The number of pyridine rings is 1. The van der Waals surface area contributed by atoms with Crippen molar-refractivity contribution in [3.05, 3.63) is 36.5 Å². The molecule has 5 heteroatoms. The van der Waals surface area contributed by atoms with E-state index >= 15 is 0 Å². The van der Waals surface area contributed by atoms with Crippen molar-refractivity contribution in [3.63, 3.8) is 0 Å². The second kappa shape index (κ2) is 4.60. The largest absolute Gasteiger partial charge is 0.481 e. The standard InChI is InChI=1S/C13H15N3O2/c1-13(2,6-11(17)18)12-15-8-10(16-12)9-4-3-5-14-7-9/h3-5,7-8H,6H2,1-2H3,(H,15,16)(H,17,18). The predicted octanol–water partition coefficient (Wildman–Crippen LogP) is 2.22. The topological polar surface area (TPSA) is 78.9 Å². The highest BCUT2D eigenvalue weighted by Crippen LogP contribution is 2.26. The molecule has 5 nitrogen and oxygen atoms in total. The summed E-state index contributed by atoms with van der Waals surface area (Å²) in [6, 6.07) is 3.77. The lowest BCUT2D eigenvalue weighted by molar-refractivity contribution is -0.138. The van der Waals surface area contributed by atoms with Gasteiger partial charge in [-0.05, 0) is 12.1 Å². The zero-order valence-corrected chi connectivity index (χ0v) is 10.3. The van der Waals surface area contributed by atoms with Gasteiger partial charge in [0.1, 0.15) is 5.82 Å². The predicted molar refractivity (Wildman–Crippen MR) is 67.1 cm³/mol. The van der Waals surface area contributed by atoms with Gasteiger partial charge in [-0.1, -0.05) is 13.8 Å². The summed E-state index contributed by atoms with van der Waals surface area (Å²) in [6.07, 6.45) is 5.18. The minimum absolute atomic E-state index is 0.0347. The first-order valence-corrected chi connectivity index (χ1v) is 5.67. The molecule has 94 valence electrons. The van der Waals surface area contributed by atoms with Crippen LogP contribution in [0.1, 0.15) is 26.1 Å². The molecule has 0 bridgehead atoms. The molecule has 0 aliphatic heterocycles. The smallest absolute Gasteiger partial charge is 0.304 e. The Morgan fingerprint density at radius 3 is 2.83 bits per heavy atom. The van der Waals surface area contributed by atoms with Crippen LogP contribution in [-0.4, -0.2) is 26.0 Å². The zero-order chi connectivity index (χ0) is 13.2. The monoisotopic (exact) mass is 245 g/mol. The fourth-order valence-corrected chi connectivity index (χ4v) is 1.80. The van der Waals surface area contributed by atoms with E-state index in [2.05, 4.69) is 15.0 Å². The number of H-pyrrole nitrogens is 1. The molecule has 2 N–H and O–H groups in total. The van der Waals surface area contributed by atoms with E-state index in [9.17, 15) is 4.79 Å². The van der Waals surface area contributed by atoms with Gasteiger partial charge in [0.2, 0.25) is 0 Å². The van der Waals surface area contributed by atoms with Crippen LogP contribution in [-0.2, 0) is 10.2 Å². The van der Waals surface area contributed by atoms with Gasteiger partial charge in [-0.25, -0.2) is 4.98 Å². The summed E-state index contributed by atoms with van der Waals surface area (Å²) >= 11 is 0. The molecular formula is C13H15N3O2. The Morgan fingerprint density at radius 1 is 1.44 bits per heavy atom. The van der Waals surface area contributed by atoms with Gasteiger partial charge in [-0.15, -0.1) is 0 Å². The second-order valence-corrected chi connectivity index (χ2v) is 4.84. The molecule has 0 aromatic carbocycles. The van der Waals surface area contributed by atoms with E-state index in [-0.39, 0.29) is 6.42 Å². The molecule has 2 aromatic heterocycles. The highest BCUT2D eigenvalue weighted by atomic mass is 16.4. The third-order valence-electron chi connectivity index (χ3n) is 2.78. The van der Waals surface area contributed by atoms with Gasteiger partial charge >= 0.3 is 5.97 Å². The first kappa shape index (κ1) is 12.3. The lowest BCUT2D eigenvalue weighted by Gasteiger charge is -2.19. The molecule has 0 aliphatic rings. The summed E-state index contributed by atoms with van der Waals surface area (Å²) in [5, 5.41) is 8.88. The number of nitrogens with one attached hydrogen (secondary N) is 1. The van der Waals surface area contributed by atoms with Gasteiger partial charge in [0.15, 0.2) is 0 Å². The molecule has 0 atom stereocenters. The number of aromatic amines is 1. The Balaban J connectivity index is 2.28. The number of carboxylic acids is 1. The number of carbonyl (C=O) groups is 1. The summed E-state index contributed by atoms with van der Waals surface area (Å²) < 4.78 is 0. The number of nitrogens with zero attached hydrogens (tertiary/aromatic N) is 2. The van der Waals surface area contributed by atoms with Crippen molar-refractivity contribution < 1.29 is 9.90 Å². The lowest BCUT2D eigenvalue weighted by Crippen LogP contribution is -2.23. The van der Waals surface area contributed by atoms with Gasteiger partial charge in [0.05, 0.1) is 18.3 Å². The first-order valence-electron chi connectivity index (χ1n) is 5.67. The first-order chi connectivity index (χ1) is 8.49. The Bertz CT molecular complexity index is 546. The van der Waals surface area contributed by atoms with Gasteiger partial charge in [-0.2, -0.15) is 0 Å². The fourth-order valence-electron chi connectivity index (χ4n) is 1.80. The minimum Gasteiger partial charge on any atom is -0.481 e. The van der Waals surface area contributed by atoms with E-state index < -0.39 is 11.4 Å². The van der Waals surface area contributed by atoms with E-state index in [0.717, 1.165) is 11.3 Å². The zero-order valence-electron chi connectivity index (χ0n) is 10.3. The van der Waals surface area contributed by atoms with Crippen LogP contribution in [0.25, 0.3) is 11.3 Å². The number of rotatable bonds is 4. The fraction of sp³-hybridized carbons (Fsp3) is 0.308. The van der Waals surface area contributed by atoms with E-state index in [1.807, 2.05) is 26.0 Å². The molecule has 0 radical (unpaired) electrons. The third kappa shape index (κ3) is 2.56. The Hall–Kier alpha value is -2.17. The summed E-state index contributed by atoms with van der Waals surface area (Å²) in [4.78, 5) is 22.3. The highest BCUT2D eigenvalue weighted by Gasteiger charge is 2.27. The van der Waals surface area contributed by atoms with Crippen LogP contribution in [0.2, 0.25) is 0 Å². The molecule has 0 fully saturated rings. The van der Waals surface area contributed by atoms with Crippen molar-refractivity contribution in [3.8, 4) is 11.3 Å². The summed E-state index contributed by atoms with van der Waals surface area (Å²) in [5.41, 5.74) is 1.26. The Kier molecular flexibility index (Phi) is 3.14. The van der Waals surface area contributed by atoms with Crippen LogP contribution in [0.15, 0.2) is 30.7 Å². The quantitative estimate of drug-likeness (QED) is 0.865. The van der Waals surface area contributed by atoms with Crippen LogP contribution in [0, 0.1) is 0 Å². The van der Waals surface area contributed by atoms with Crippen LogP contribution in [0.4, 0.5) is 0 Å². The van der Waals surface area contributed by atoms with E-state index in [1.54, 1.807) is 18.6 Å². The van der Waals surface area contributed by atoms with Gasteiger partial charge < -0.3 is 10.1 Å². The number of aliphatic carboxylic acids is 1.